The van der Waals surface area contributed by atoms with Crippen LogP contribution in [-0.2, 0) is 32.0 Å². The molecule has 4 aromatic rings. The predicted octanol–water partition coefficient (Wildman–Crippen LogP) is 3.67. The van der Waals surface area contributed by atoms with Crippen molar-refractivity contribution in [2.75, 3.05) is 13.1 Å². The van der Waals surface area contributed by atoms with Crippen molar-refractivity contribution in [1.29, 1.82) is 0 Å². The number of carbonyl (C=O) groups excluding carboxylic acids is 4. The summed E-state index contributed by atoms with van der Waals surface area (Å²) in [5.41, 5.74) is 41.1. The lowest BCUT2D eigenvalue weighted by Crippen LogP contribution is -2.47. The summed E-state index contributed by atoms with van der Waals surface area (Å²) < 4.78 is 0. The van der Waals surface area contributed by atoms with E-state index >= 15 is 0 Å². The highest BCUT2D eigenvalue weighted by molar-refractivity contribution is 5.94. The Balaban J connectivity index is 1.52. The number of primary amides is 1. The molecule has 0 radical (unpaired) electrons. The maximum Gasteiger partial charge on any atom is 0.224 e. The van der Waals surface area contributed by atoms with Gasteiger partial charge < -0.3 is 39.7 Å². The molecule has 58 heavy (non-hydrogen) atoms. The molecule has 13 N–H and O–H groups in total. The van der Waals surface area contributed by atoms with Crippen molar-refractivity contribution >= 4 is 35.3 Å². The molecule has 2 amide bonds. The summed E-state index contributed by atoms with van der Waals surface area (Å²) >= 11 is 0. The van der Waals surface area contributed by atoms with E-state index in [0.717, 1.165) is 33.4 Å². The van der Waals surface area contributed by atoms with Gasteiger partial charge in [0.05, 0.1) is 12.1 Å². The lowest BCUT2D eigenvalue weighted by Gasteiger charge is -2.24. The zero-order valence-electron chi connectivity index (χ0n) is 33.2. The van der Waals surface area contributed by atoms with Gasteiger partial charge in [0.1, 0.15) is 0 Å². The van der Waals surface area contributed by atoms with Crippen LogP contribution in [0.15, 0.2) is 113 Å². The van der Waals surface area contributed by atoms with Gasteiger partial charge in [0.15, 0.2) is 23.5 Å². The van der Waals surface area contributed by atoms with Crippen LogP contribution in [0.4, 0.5) is 0 Å². The molecule has 0 fully saturated rings. The number of nitrogens with two attached hydrogens (primary N) is 6. The van der Waals surface area contributed by atoms with Gasteiger partial charge in [-0.1, -0.05) is 109 Å². The minimum atomic E-state index is -1.02. The number of aliphatic imine (C=N–C) groups is 2. The molecule has 0 aliphatic carbocycles. The number of nitrogens with zero attached hydrogens (tertiary/aromatic N) is 2. The number of ketones is 2. The molecule has 0 saturated heterocycles. The Morgan fingerprint density at radius 1 is 0.569 bits per heavy atom. The van der Waals surface area contributed by atoms with Gasteiger partial charge in [0.2, 0.25) is 11.8 Å². The van der Waals surface area contributed by atoms with Crippen molar-refractivity contribution in [3.8, 4) is 22.3 Å². The average molecular weight is 788 g/mol. The summed E-state index contributed by atoms with van der Waals surface area (Å²) in [6.07, 6.45) is 1.43. The second-order valence-corrected chi connectivity index (χ2v) is 14.7. The maximum atomic E-state index is 14.1. The van der Waals surface area contributed by atoms with Gasteiger partial charge in [-0.15, -0.1) is 0 Å². The van der Waals surface area contributed by atoms with E-state index in [2.05, 4.69) is 39.6 Å². The van der Waals surface area contributed by atoms with Gasteiger partial charge in [-0.25, -0.2) is 0 Å². The molecule has 0 aliphatic rings. The Bertz CT molecular complexity index is 2010. The molecular formula is C45H57N9O4. The van der Waals surface area contributed by atoms with E-state index < -0.39 is 35.7 Å². The van der Waals surface area contributed by atoms with Crippen LogP contribution in [0.5, 0.6) is 0 Å². The fourth-order valence-electron chi connectivity index (χ4n) is 6.72. The summed E-state index contributed by atoms with van der Waals surface area (Å²) in [6.45, 7) is 2.55. The van der Waals surface area contributed by atoms with Gasteiger partial charge >= 0.3 is 0 Å². The van der Waals surface area contributed by atoms with Crippen LogP contribution >= 0.6 is 0 Å². The third kappa shape index (κ3) is 14.6. The van der Waals surface area contributed by atoms with E-state index in [1.807, 2.05) is 85.8 Å². The highest BCUT2D eigenvalue weighted by Gasteiger charge is 2.31. The zero-order chi connectivity index (χ0) is 42.0. The van der Waals surface area contributed by atoms with Crippen molar-refractivity contribution in [3.05, 3.63) is 120 Å². The lowest BCUT2D eigenvalue weighted by atomic mass is 9.89. The first-order valence-corrected chi connectivity index (χ1v) is 19.6. The molecule has 13 heteroatoms. The van der Waals surface area contributed by atoms with Crippen molar-refractivity contribution in [3.63, 3.8) is 0 Å². The molecule has 0 spiro atoms. The van der Waals surface area contributed by atoms with Crippen LogP contribution in [0.2, 0.25) is 0 Å². The largest absolute Gasteiger partial charge is 0.370 e. The number of carbonyl (C=O) groups is 4. The Morgan fingerprint density at radius 3 is 1.52 bits per heavy atom. The van der Waals surface area contributed by atoms with E-state index in [1.165, 1.54) is 5.56 Å². The van der Waals surface area contributed by atoms with Crippen molar-refractivity contribution < 1.29 is 19.2 Å². The minimum absolute atomic E-state index is 0.0763. The Kier molecular flexibility index (Phi) is 17.1. The topological polar surface area (TPSA) is 261 Å². The fraction of sp³-hybridized carbons (Fsp3) is 0.333. The van der Waals surface area contributed by atoms with E-state index in [1.54, 1.807) is 0 Å². The van der Waals surface area contributed by atoms with E-state index in [0.29, 0.717) is 12.8 Å². The van der Waals surface area contributed by atoms with E-state index in [-0.39, 0.29) is 75.1 Å². The maximum absolute atomic E-state index is 14.1. The fourth-order valence-corrected chi connectivity index (χ4v) is 6.72. The van der Waals surface area contributed by atoms with Gasteiger partial charge in [0.25, 0.3) is 0 Å². The van der Waals surface area contributed by atoms with Gasteiger partial charge in [-0.05, 0) is 78.8 Å². The molecule has 0 saturated carbocycles. The number of guanidine groups is 2. The number of Topliss-reactive ketones (excluding diaryl/α,β-unsaturated/α-hetero) is 2. The number of benzene rings is 4. The van der Waals surface area contributed by atoms with Crippen molar-refractivity contribution in [2.24, 2.45) is 56.2 Å². The standard InChI is InChI=1S/C45H57N9O4/c1-29-11-17-33(18-12-29)35-19-13-30(14-20-35)25-38(46)40(55)28-37(10-6-24-53-45(50)51)43(58)54-39(41(56)27-36(42(47)57)9-5-23-52-44(48)49)26-31-15-21-34(22-16-31)32-7-3-2-4-8-32/h2-4,7-8,11-22,36-39H,5-6,9-10,23-28,46H2,1H3,(H2,47,57)(H,54,58)(H4,48,49,52)(H4,50,51,53)/t36-,37-,38+,39+/m1/s1. The van der Waals surface area contributed by atoms with Crippen LogP contribution in [-0.4, -0.2) is 60.5 Å². The van der Waals surface area contributed by atoms with Crippen molar-refractivity contribution in [1.82, 2.24) is 5.32 Å². The summed E-state index contributed by atoms with van der Waals surface area (Å²) in [7, 11) is 0. The number of hydrogen-bond donors (Lipinski definition) is 7. The lowest BCUT2D eigenvalue weighted by molar-refractivity contribution is -0.134. The first-order valence-electron chi connectivity index (χ1n) is 19.6. The third-order valence-corrected chi connectivity index (χ3v) is 10.1. The Labute approximate surface area is 340 Å². The summed E-state index contributed by atoms with van der Waals surface area (Å²) in [5, 5.41) is 2.93. The van der Waals surface area contributed by atoms with E-state index in [9.17, 15) is 19.2 Å². The molecule has 0 heterocycles. The number of amides is 2. The highest BCUT2D eigenvalue weighted by atomic mass is 16.2. The summed E-state index contributed by atoms with van der Waals surface area (Å²) in [4.78, 5) is 62.3. The predicted molar refractivity (Wildman–Crippen MR) is 231 cm³/mol. The molecule has 306 valence electrons. The second-order valence-electron chi connectivity index (χ2n) is 14.7. The third-order valence-electron chi connectivity index (χ3n) is 10.1. The molecular weight excluding hydrogens is 731 g/mol. The number of hydrogen-bond acceptors (Lipinski definition) is 7. The smallest absolute Gasteiger partial charge is 0.224 e. The van der Waals surface area contributed by atoms with Crippen LogP contribution in [0, 0.1) is 18.8 Å². The molecule has 13 nitrogen and oxygen atoms in total. The number of nitrogens with one attached hydrogen (secondary N) is 1. The first kappa shape index (κ1) is 44.4. The van der Waals surface area contributed by atoms with E-state index in [4.69, 9.17) is 34.4 Å². The Morgan fingerprint density at radius 2 is 1.02 bits per heavy atom. The molecule has 0 aliphatic heterocycles. The first-order chi connectivity index (χ1) is 27.8. The average Bonchev–Trinajstić information content (AvgIpc) is 3.20. The van der Waals surface area contributed by atoms with Gasteiger partial charge in [-0.3, -0.25) is 29.2 Å². The number of rotatable bonds is 23. The van der Waals surface area contributed by atoms with Crippen LogP contribution < -0.4 is 39.7 Å². The number of aryl methyl sites for hydroxylation is 1. The van der Waals surface area contributed by atoms with Gasteiger partial charge in [-0.2, -0.15) is 0 Å². The SMILES string of the molecule is Cc1ccc(-c2ccc(C[C@H](N)C(=O)C[C@@H](CCCN=C(N)N)C(=O)N[C@@H](Cc3ccc(-c4ccccc4)cc3)C(=O)C[C@@H](CCCN=C(N)N)C(N)=O)cc2)cc1. The Hall–Kier alpha value is -6.34. The molecule has 4 atom stereocenters. The molecule has 0 unspecified atom stereocenters. The monoisotopic (exact) mass is 787 g/mol. The molecule has 4 aromatic carbocycles. The zero-order valence-corrected chi connectivity index (χ0v) is 33.2. The molecule has 4 rings (SSSR count). The normalized spacial score (nSPS) is 13.0. The summed E-state index contributed by atoms with van der Waals surface area (Å²) in [6, 6.07) is 31.8. The van der Waals surface area contributed by atoms with Crippen LogP contribution in [0.3, 0.4) is 0 Å². The van der Waals surface area contributed by atoms with Crippen molar-refractivity contribution in [2.45, 2.75) is 70.4 Å². The minimum Gasteiger partial charge on any atom is -0.370 e. The second kappa shape index (κ2) is 22.4. The van der Waals surface area contributed by atoms with Crippen LogP contribution in [0.25, 0.3) is 22.3 Å². The van der Waals surface area contributed by atoms with Crippen LogP contribution in [0.1, 0.15) is 55.2 Å². The molecule has 0 aromatic heterocycles. The highest BCUT2D eigenvalue weighted by Crippen LogP contribution is 2.23. The summed E-state index contributed by atoms with van der Waals surface area (Å²) in [5.74, 6) is -3.60. The molecule has 0 bridgehead atoms. The van der Waals surface area contributed by atoms with Gasteiger partial charge in [0, 0.05) is 37.8 Å². The quantitative estimate of drug-likeness (QED) is 0.0328.